The Morgan fingerprint density at radius 1 is 1.16 bits per heavy atom. The van der Waals surface area contributed by atoms with Crippen molar-refractivity contribution in [3.63, 3.8) is 0 Å². The Morgan fingerprint density at radius 3 is 2.76 bits per heavy atom. The summed E-state index contributed by atoms with van der Waals surface area (Å²) in [6, 6.07) is 3.70. The Kier molecular flexibility index (Phi) is 4.01. The van der Waals surface area contributed by atoms with Gasteiger partial charge in [-0.1, -0.05) is 0 Å². The van der Waals surface area contributed by atoms with E-state index in [1.54, 1.807) is 12.4 Å². The van der Waals surface area contributed by atoms with E-state index >= 15 is 0 Å². The molecule has 25 heavy (non-hydrogen) atoms. The van der Waals surface area contributed by atoms with Crippen molar-refractivity contribution in [3.8, 4) is 5.75 Å². The molecule has 1 unspecified atom stereocenters. The lowest BCUT2D eigenvalue weighted by Crippen LogP contribution is -2.38. The second kappa shape index (κ2) is 6.46. The summed E-state index contributed by atoms with van der Waals surface area (Å²) in [5.74, 6) is 1.72. The van der Waals surface area contributed by atoms with Crippen LogP contribution in [0.5, 0.6) is 5.75 Å². The van der Waals surface area contributed by atoms with Crippen LogP contribution in [0, 0.1) is 5.82 Å². The molecule has 8 heteroatoms. The van der Waals surface area contributed by atoms with Crippen molar-refractivity contribution in [2.45, 2.75) is 26.1 Å². The molecule has 0 saturated heterocycles. The first kappa shape index (κ1) is 15.5. The molecule has 0 N–H and O–H groups in total. The van der Waals surface area contributed by atoms with Gasteiger partial charge in [-0.05, 0) is 19.1 Å². The second-order valence-corrected chi connectivity index (χ2v) is 5.81. The molecule has 4 rings (SSSR count). The summed E-state index contributed by atoms with van der Waals surface area (Å²) < 4.78 is 21.0. The van der Waals surface area contributed by atoms with Crippen LogP contribution in [-0.4, -0.2) is 31.0 Å². The van der Waals surface area contributed by atoms with Gasteiger partial charge in [-0.15, -0.1) is 0 Å². The van der Waals surface area contributed by atoms with Gasteiger partial charge in [-0.3, -0.25) is 4.98 Å². The Morgan fingerprint density at radius 2 is 2.00 bits per heavy atom. The van der Waals surface area contributed by atoms with Crippen LogP contribution in [0.15, 0.2) is 43.1 Å². The van der Waals surface area contributed by atoms with Crippen LogP contribution >= 0.6 is 0 Å². The third-order valence-electron chi connectivity index (χ3n) is 4.26. The van der Waals surface area contributed by atoms with Crippen molar-refractivity contribution < 1.29 is 9.13 Å². The number of imidazole rings is 1. The van der Waals surface area contributed by atoms with E-state index in [4.69, 9.17) is 4.74 Å². The fourth-order valence-electron chi connectivity index (χ4n) is 2.99. The number of hydrogen-bond donors (Lipinski definition) is 0. The zero-order valence-corrected chi connectivity index (χ0v) is 13.7. The lowest BCUT2D eigenvalue weighted by atomic mass is 10.2. The molecule has 1 aliphatic heterocycles. The Bertz CT molecular complexity index is 851. The monoisotopic (exact) mass is 340 g/mol. The smallest absolute Gasteiger partial charge is 0.226 e. The molecule has 3 aromatic heterocycles. The molecule has 3 aromatic rings. The highest BCUT2D eigenvalue weighted by Crippen LogP contribution is 2.28. The summed E-state index contributed by atoms with van der Waals surface area (Å²) in [5.41, 5.74) is 1.00. The van der Waals surface area contributed by atoms with Crippen molar-refractivity contribution in [3.05, 3.63) is 60.5 Å². The van der Waals surface area contributed by atoms with Crippen LogP contribution in [0.3, 0.4) is 0 Å². The predicted octanol–water partition coefficient (Wildman–Crippen LogP) is 2.37. The molecule has 0 radical (unpaired) electrons. The van der Waals surface area contributed by atoms with Gasteiger partial charge in [0.15, 0.2) is 5.82 Å². The lowest BCUT2D eigenvalue weighted by molar-refractivity contribution is 0.290. The molecule has 1 atom stereocenters. The summed E-state index contributed by atoms with van der Waals surface area (Å²) in [5, 5.41) is 0. The number of pyridine rings is 1. The molecular weight excluding hydrogens is 323 g/mol. The highest BCUT2D eigenvalue weighted by molar-refractivity contribution is 5.34. The van der Waals surface area contributed by atoms with E-state index in [1.165, 1.54) is 12.4 Å². The maximum atomic E-state index is 13.0. The molecule has 0 spiro atoms. The van der Waals surface area contributed by atoms with Crippen LogP contribution in [0.25, 0.3) is 0 Å². The number of hydrogen-bond acceptors (Lipinski definition) is 6. The highest BCUT2D eigenvalue weighted by Gasteiger charge is 2.28. The number of aromatic nitrogens is 5. The molecule has 0 saturated carbocycles. The Balaban J connectivity index is 1.52. The molecule has 1 aliphatic rings. The Labute approximate surface area is 144 Å². The fourth-order valence-corrected chi connectivity index (χ4v) is 2.99. The van der Waals surface area contributed by atoms with Gasteiger partial charge in [-0.2, -0.15) is 0 Å². The van der Waals surface area contributed by atoms with E-state index in [-0.39, 0.29) is 6.04 Å². The zero-order valence-electron chi connectivity index (χ0n) is 13.7. The van der Waals surface area contributed by atoms with Crippen molar-refractivity contribution in [2.24, 2.45) is 0 Å². The minimum atomic E-state index is -0.440. The van der Waals surface area contributed by atoms with E-state index in [1.807, 2.05) is 30.2 Å². The standard InChI is InChI=1S/C17H17FN6O/c1-12-16-20-9-14(11-25-15-3-2-4-19-10-15)24(16)6-5-23(12)17-21-7-13(18)8-22-17/h2-4,7-10,12H,5-6,11H2,1H3. The third kappa shape index (κ3) is 3.02. The van der Waals surface area contributed by atoms with Crippen molar-refractivity contribution in [1.29, 1.82) is 0 Å². The van der Waals surface area contributed by atoms with Crippen LogP contribution in [0.1, 0.15) is 24.5 Å². The first-order chi connectivity index (χ1) is 12.2. The summed E-state index contributed by atoms with van der Waals surface area (Å²) in [6.07, 6.45) is 7.59. The average Bonchev–Trinajstić information content (AvgIpc) is 3.06. The fraction of sp³-hybridized carbons (Fsp3) is 0.294. The van der Waals surface area contributed by atoms with Crippen LogP contribution in [-0.2, 0) is 13.2 Å². The summed E-state index contributed by atoms with van der Waals surface area (Å²) >= 11 is 0. The number of rotatable bonds is 4. The highest BCUT2D eigenvalue weighted by atomic mass is 19.1. The number of halogens is 1. The molecule has 0 aromatic carbocycles. The van der Waals surface area contributed by atoms with Gasteiger partial charge in [0.25, 0.3) is 0 Å². The summed E-state index contributed by atoms with van der Waals surface area (Å²) in [7, 11) is 0. The van der Waals surface area contributed by atoms with Gasteiger partial charge in [-0.25, -0.2) is 19.3 Å². The number of anilines is 1. The lowest BCUT2D eigenvalue weighted by Gasteiger charge is -2.34. The average molecular weight is 340 g/mol. The SMILES string of the molecule is CC1c2ncc(COc3cccnc3)n2CCN1c1ncc(F)cn1. The van der Waals surface area contributed by atoms with Gasteiger partial charge >= 0.3 is 0 Å². The van der Waals surface area contributed by atoms with Crippen molar-refractivity contribution >= 4 is 5.95 Å². The molecule has 128 valence electrons. The maximum absolute atomic E-state index is 13.0. The van der Waals surface area contributed by atoms with Crippen LogP contribution in [0.4, 0.5) is 10.3 Å². The van der Waals surface area contributed by atoms with E-state index in [0.29, 0.717) is 12.6 Å². The molecule has 0 fully saturated rings. The van der Waals surface area contributed by atoms with Gasteiger partial charge < -0.3 is 14.2 Å². The zero-order chi connectivity index (χ0) is 17.2. The Hall–Kier alpha value is -3.03. The summed E-state index contributed by atoms with van der Waals surface area (Å²) in [4.78, 5) is 18.8. The van der Waals surface area contributed by atoms with Gasteiger partial charge in [0, 0.05) is 19.3 Å². The maximum Gasteiger partial charge on any atom is 0.226 e. The third-order valence-corrected chi connectivity index (χ3v) is 4.26. The van der Waals surface area contributed by atoms with E-state index < -0.39 is 5.82 Å². The quantitative estimate of drug-likeness (QED) is 0.726. The minimum absolute atomic E-state index is 0.00801. The first-order valence-electron chi connectivity index (χ1n) is 8.03. The number of fused-ring (bicyclic) bond motifs is 1. The molecule has 0 aliphatic carbocycles. The van der Waals surface area contributed by atoms with E-state index in [2.05, 4.69) is 24.5 Å². The summed E-state index contributed by atoms with van der Waals surface area (Å²) in [6.45, 7) is 3.93. The van der Waals surface area contributed by atoms with Crippen LogP contribution < -0.4 is 9.64 Å². The van der Waals surface area contributed by atoms with E-state index in [0.717, 1.165) is 30.4 Å². The molecule has 4 heterocycles. The second-order valence-electron chi connectivity index (χ2n) is 5.81. The van der Waals surface area contributed by atoms with Gasteiger partial charge in [0.1, 0.15) is 18.2 Å². The van der Waals surface area contributed by atoms with Gasteiger partial charge in [0.2, 0.25) is 5.95 Å². The first-order valence-corrected chi connectivity index (χ1v) is 8.03. The largest absolute Gasteiger partial charge is 0.486 e. The van der Waals surface area contributed by atoms with Gasteiger partial charge in [0.05, 0.1) is 36.5 Å². The normalized spacial score (nSPS) is 16.6. The molecule has 0 amide bonds. The topological polar surface area (TPSA) is 69.0 Å². The number of nitrogens with zero attached hydrogens (tertiary/aromatic N) is 6. The van der Waals surface area contributed by atoms with Crippen molar-refractivity contribution in [2.75, 3.05) is 11.4 Å². The molecule has 0 bridgehead atoms. The van der Waals surface area contributed by atoms with Crippen LogP contribution in [0.2, 0.25) is 0 Å². The predicted molar refractivity (Wildman–Crippen MR) is 88.5 cm³/mol. The minimum Gasteiger partial charge on any atom is -0.486 e. The number of ether oxygens (including phenoxy) is 1. The molecular formula is C17H17FN6O. The molecule has 7 nitrogen and oxygen atoms in total. The van der Waals surface area contributed by atoms with E-state index in [9.17, 15) is 4.39 Å². The van der Waals surface area contributed by atoms with Crippen molar-refractivity contribution in [1.82, 2.24) is 24.5 Å².